The van der Waals surface area contributed by atoms with Crippen molar-refractivity contribution < 1.29 is 23.9 Å². The second-order valence-corrected chi connectivity index (χ2v) is 7.79. The maximum atomic E-state index is 12.9. The fraction of sp³-hybridized carbons (Fsp3) is 0.316. The van der Waals surface area contributed by atoms with Crippen LogP contribution in [0.15, 0.2) is 60.7 Å². The van der Waals surface area contributed by atoms with Gasteiger partial charge in [-0.25, -0.2) is 0 Å². The normalized spacial score (nSPS) is 13.9. The summed E-state index contributed by atoms with van der Waals surface area (Å²) in [4.78, 5) is 33.0. The van der Waals surface area contributed by atoms with E-state index >= 15 is 0 Å². The van der Waals surface area contributed by atoms with E-state index < -0.39 is 18.7 Å². The second kappa shape index (κ2) is 8.43. The van der Waals surface area contributed by atoms with Crippen molar-refractivity contribution in [2.45, 2.75) is 37.9 Å². The molecule has 2 N–H and O–H groups in total. The van der Waals surface area contributed by atoms with Crippen molar-refractivity contribution in [3.05, 3.63) is 71.8 Å². The monoisotopic (exact) mass is 362 g/mol. The second-order valence-electron chi connectivity index (χ2n) is 5.94. The maximum Gasteiger partial charge on any atom is 0.347 e. The van der Waals surface area contributed by atoms with E-state index in [-0.39, 0.29) is 18.6 Å². The number of carbonyl (C=O) groups excluding carboxylic acids is 1. The molecule has 2 aromatic carbocycles. The molecule has 0 bridgehead atoms. The molecule has 2 rings (SSSR count). The van der Waals surface area contributed by atoms with E-state index in [1.54, 1.807) is 42.5 Å². The Morgan fingerprint density at radius 3 is 2.12 bits per heavy atom. The van der Waals surface area contributed by atoms with Gasteiger partial charge >= 0.3 is 13.6 Å². The summed E-state index contributed by atoms with van der Waals surface area (Å²) in [6.45, 7) is 1.88. The third-order valence-electron chi connectivity index (χ3n) is 4.19. The highest BCUT2D eigenvalue weighted by Crippen LogP contribution is 2.60. The molecule has 0 aliphatic rings. The van der Waals surface area contributed by atoms with Crippen LogP contribution in [0, 0.1) is 0 Å². The standard InChI is InChI=1S/C19H23O5P/c1-2-3-14-19(25(21,22)23,17-12-8-5-9-13-17)18(20)24-15-16-10-6-4-7-11-16/h4-13H,2-3,14-15H2,1H3,(H2,21,22,23). The molecule has 0 radical (unpaired) electrons. The highest BCUT2D eigenvalue weighted by molar-refractivity contribution is 7.54. The molecule has 0 fully saturated rings. The summed E-state index contributed by atoms with van der Waals surface area (Å²) in [5.41, 5.74) is 1.05. The van der Waals surface area contributed by atoms with Crippen molar-refractivity contribution in [3.63, 3.8) is 0 Å². The molecule has 25 heavy (non-hydrogen) atoms. The summed E-state index contributed by atoms with van der Waals surface area (Å²) in [5, 5.41) is -1.97. The maximum absolute atomic E-state index is 12.9. The highest BCUT2D eigenvalue weighted by atomic mass is 31.2. The molecule has 1 unspecified atom stereocenters. The first-order chi connectivity index (χ1) is 11.9. The lowest BCUT2D eigenvalue weighted by Gasteiger charge is -2.32. The minimum Gasteiger partial charge on any atom is -0.460 e. The van der Waals surface area contributed by atoms with Crippen LogP contribution in [-0.4, -0.2) is 15.8 Å². The minimum absolute atomic E-state index is 0.0274. The average molecular weight is 362 g/mol. The summed E-state index contributed by atoms with van der Waals surface area (Å²) < 4.78 is 17.7. The molecular formula is C19H23O5P. The van der Waals surface area contributed by atoms with Gasteiger partial charge in [-0.2, -0.15) is 0 Å². The van der Waals surface area contributed by atoms with Gasteiger partial charge in [-0.1, -0.05) is 80.4 Å². The number of esters is 1. The van der Waals surface area contributed by atoms with Gasteiger partial charge in [0.15, 0.2) is 5.16 Å². The number of unbranched alkanes of at least 4 members (excludes halogenated alkanes) is 1. The van der Waals surface area contributed by atoms with Gasteiger partial charge < -0.3 is 14.5 Å². The minimum atomic E-state index is -4.81. The third kappa shape index (κ3) is 4.37. The van der Waals surface area contributed by atoms with Crippen LogP contribution in [-0.2, 0) is 25.9 Å². The largest absolute Gasteiger partial charge is 0.460 e. The molecule has 0 aliphatic heterocycles. The van der Waals surface area contributed by atoms with Crippen LogP contribution in [0.5, 0.6) is 0 Å². The molecule has 0 aliphatic carbocycles. The van der Waals surface area contributed by atoms with Crippen LogP contribution in [0.2, 0.25) is 0 Å². The Morgan fingerprint density at radius 2 is 1.60 bits per heavy atom. The van der Waals surface area contributed by atoms with Crippen molar-refractivity contribution in [1.82, 2.24) is 0 Å². The molecule has 0 heterocycles. The predicted octanol–water partition coefficient (Wildman–Crippen LogP) is 3.99. The highest BCUT2D eigenvalue weighted by Gasteiger charge is 2.55. The van der Waals surface area contributed by atoms with E-state index in [0.717, 1.165) is 5.56 Å². The quantitative estimate of drug-likeness (QED) is 0.548. The van der Waals surface area contributed by atoms with E-state index in [9.17, 15) is 19.1 Å². The molecule has 1 atom stereocenters. The fourth-order valence-corrected chi connectivity index (χ4v) is 4.02. The van der Waals surface area contributed by atoms with Crippen molar-refractivity contribution in [1.29, 1.82) is 0 Å². The van der Waals surface area contributed by atoms with Crippen LogP contribution in [0.1, 0.15) is 37.3 Å². The van der Waals surface area contributed by atoms with E-state index in [1.807, 2.05) is 25.1 Å². The Labute approximate surface area is 147 Å². The molecule has 6 heteroatoms. The lowest BCUT2D eigenvalue weighted by molar-refractivity contribution is -0.149. The molecule has 0 spiro atoms. The number of hydrogen-bond acceptors (Lipinski definition) is 3. The summed E-state index contributed by atoms with van der Waals surface area (Å²) in [6, 6.07) is 17.3. The summed E-state index contributed by atoms with van der Waals surface area (Å²) >= 11 is 0. The van der Waals surface area contributed by atoms with Gasteiger partial charge in [0.1, 0.15) is 6.61 Å². The summed E-state index contributed by atoms with van der Waals surface area (Å²) in [5.74, 6) is -0.885. The first-order valence-corrected chi connectivity index (χ1v) is 9.85. The third-order valence-corrected chi connectivity index (χ3v) is 5.85. The molecule has 2 aromatic rings. The zero-order chi connectivity index (χ0) is 18.3. The fourth-order valence-electron chi connectivity index (χ4n) is 2.79. The SMILES string of the molecule is CCCCC(C(=O)OCc1ccccc1)(c1ccccc1)P(=O)(O)O. The first kappa shape index (κ1) is 19.4. The topological polar surface area (TPSA) is 83.8 Å². The first-order valence-electron chi connectivity index (χ1n) is 8.24. The molecule has 0 saturated carbocycles. The van der Waals surface area contributed by atoms with Gasteiger partial charge in [0.05, 0.1) is 0 Å². The van der Waals surface area contributed by atoms with Crippen LogP contribution >= 0.6 is 7.60 Å². The lowest BCUT2D eigenvalue weighted by atomic mass is 9.92. The Hall–Kier alpha value is -1.94. The number of carbonyl (C=O) groups is 1. The van der Waals surface area contributed by atoms with Crippen LogP contribution in [0.4, 0.5) is 0 Å². The van der Waals surface area contributed by atoms with E-state index in [0.29, 0.717) is 12.8 Å². The van der Waals surface area contributed by atoms with Gasteiger partial charge in [-0.15, -0.1) is 0 Å². The van der Waals surface area contributed by atoms with Crippen molar-refractivity contribution in [2.24, 2.45) is 0 Å². The molecular weight excluding hydrogens is 339 g/mol. The summed E-state index contributed by atoms with van der Waals surface area (Å²) in [7, 11) is -4.81. The molecule has 5 nitrogen and oxygen atoms in total. The molecule has 0 saturated heterocycles. The molecule has 134 valence electrons. The van der Waals surface area contributed by atoms with Crippen LogP contribution < -0.4 is 0 Å². The number of rotatable bonds is 8. The van der Waals surface area contributed by atoms with Crippen LogP contribution in [0.3, 0.4) is 0 Å². The van der Waals surface area contributed by atoms with Crippen LogP contribution in [0.25, 0.3) is 0 Å². The van der Waals surface area contributed by atoms with E-state index in [4.69, 9.17) is 4.74 Å². The lowest BCUT2D eigenvalue weighted by Crippen LogP contribution is -2.37. The molecule has 0 amide bonds. The average Bonchev–Trinajstić information content (AvgIpc) is 2.61. The Kier molecular flexibility index (Phi) is 6.54. The zero-order valence-electron chi connectivity index (χ0n) is 14.2. The van der Waals surface area contributed by atoms with Gasteiger partial charge in [0, 0.05) is 0 Å². The Morgan fingerprint density at radius 1 is 1.04 bits per heavy atom. The smallest absolute Gasteiger partial charge is 0.347 e. The predicted molar refractivity (Wildman–Crippen MR) is 95.9 cm³/mol. The van der Waals surface area contributed by atoms with Crippen molar-refractivity contribution >= 4 is 13.6 Å². The van der Waals surface area contributed by atoms with Gasteiger partial charge in [0.2, 0.25) is 0 Å². The van der Waals surface area contributed by atoms with E-state index in [1.165, 1.54) is 0 Å². The van der Waals surface area contributed by atoms with Crippen molar-refractivity contribution in [2.75, 3.05) is 0 Å². The van der Waals surface area contributed by atoms with Crippen molar-refractivity contribution in [3.8, 4) is 0 Å². The zero-order valence-corrected chi connectivity index (χ0v) is 15.1. The van der Waals surface area contributed by atoms with Gasteiger partial charge in [0.25, 0.3) is 0 Å². The van der Waals surface area contributed by atoms with Gasteiger partial charge in [-0.3, -0.25) is 9.36 Å². The number of ether oxygens (including phenoxy) is 1. The van der Waals surface area contributed by atoms with E-state index in [2.05, 4.69) is 0 Å². The Bertz CT molecular complexity index is 726. The molecule has 0 aromatic heterocycles. The number of hydrogen-bond donors (Lipinski definition) is 2. The van der Waals surface area contributed by atoms with Gasteiger partial charge in [-0.05, 0) is 17.5 Å². The summed E-state index contributed by atoms with van der Waals surface area (Å²) in [6.07, 6.45) is 1.24. The Balaban J connectivity index is 2.38. The number of benzene rings is 2.